The van der Waals surface area contributed by atoms with Crippen molar-refractivity contribution >= 4 is 11.3 Å². The molecule has 104 valence electrons. The minimum Gasteiger partial charge on any atom is -0.312 e. The van der Waals surface area contributed by atoms with Crippen LogP contribution in [-0.2, 0) is 13.1 Å². The summed E-state index contributed by atoms with van der Waals surface area (Å²) >= 11 is 1.85. The zero-order valence-corrected chi connectivity index (χ0v) is 13.2. The van der Waals surface area contributed by atoms with Gasteiger partial charge in [-0.1, -0.05) is 27.7 Å². The van der Waals surface area contributed by atoms with E-state index in [1.54, 1.807) is 0 Å². The Hall–Kier alpha value is -0.450. The first kappa shape index (κ1) is 15.6. The average Bonchev–Trinajstić information content (AvgIpc) is 2.66. The van der Waals surface area contributed by atoms with E-state index in [2.05, 4.69) is 49.8 Å². The van der Waals surface area contributed by atoms with Gasteiger partial charge < -0.3 is 5.32 Å². The second kappa shape index (κ2) is 7.87. The van der Waals surface area contributed by atoms with Gasteiger partial charge in [0.05, 0.1) is 12.2 Å². The summed E-state index contributed by atoms with van der Waals surface area (Å²) in [5.74, 6) is 0.702. The van der Waals surface area contributed by atoms with Gasteiger partial charge in [0.1, 0.15) is 5.01 Å². The van der Waals surface area contributed by atoms with Gasteiger partial charge in [-0.25, -0.2) is 4.98 Å². The summed E-state index contributed by atoms with van der Waals surface area (Å²) in [5.41, 5.74) is 1.19. The van der Waals surface area contributed by atoms with Gasteiger partial charge in [-0.05, 0) is 32.5 Å². The summed E-state index contributed by atoms with van der Waals surface area (Å²) in [6.07, 6.45) is 0. The number of aromatic nitrogens is 1. The number of rotatable bonds is 8. The first-order chi connectivity index (χ1) is 8.56. The lowest BCUT2D eigenvalue weighted by Crippen LogP contribution is -2.21. The summed E-state index contributed by atoms with van der Waals surface area (Å²) < 4.78 is 0. The van der Waals surface area contributed by atoms with Crippen LogP contribution >= 0.6 is 11.3 Å². The van der Waals surface area contributed by atoms with Crippen LogP contribution in [0.3, 0.4) is 0 Å². The van der Waals surface area contributed by atoms with Crippen LogP contribution in [0.25, 0.3) is 0 Å². The van der Waals surface area contributed by atoms with Crippen LogP contribution < -0.4 is 5.32 Å². The van der Waals surface area contributed by atoms with Crippen LogP contribution in [0.2, 0.25) is 0 Å². The van der Waals surface area contributed by atoms with Crippen molar-refractivity contribution in [3.05, 3.63) is 15.6 Å². The highest BCUT2D eigenvalue weighted by Crippen LogP contribution is 2.19. The Balaban J connectivity index is 2.52. The van der Waals surface area contributed by atoms with Crippen molar-refractivity contribution in [2.24, 2.45) is 5.92 Å². The molecule has 3 nitrogen and oxygen atoms in total. The molecule has 0 saturated carbocycles. The van der Waals surface area contributed by atoms with Crippen molar-refractivity contribution in [3.8, 4) is 0 Å². The first-order valence-corrected chi connectivity index (χ1v) is 7.76. The van der Waals surface area contributed by atoms with Gasteiger partial charge in [-0.2, -0.15) is 0 Å². The summed E-state index contributed by atoms with van der Waals surface area (Å²) in [6, 6.07) is 0. The normalized spacial score (nSPS) is 11.7. The highest BCUT2D eigenvalue weighted by Gasteiger charge is 2.09. The minimum atomic E-state index is 0.702. The minimum absolute atomic E-state index is 0.702. The van der Waals surface area contributed by atoms with Crippen molar-refractivity contribution in [1.82, 2.24) is 15.2 Å². The molecule has 0 aliphatic rings. The molecule has 0 radical (unpaired) electrons. The Morgan fingerprint density at radius 3 is 2.50 bits per heavy atom. The van der Waals surface area contributed by atoms with Crippen molar-refractivity contribution in [1.29, 1.82) is 0 Å². The molecule has 0 aliphatic carbocycles. The Morgan fingerprint density at radius 1 is 1.28 bits per heavy atom. The Kier molecular flexibility index (Phi) is 6.82. The number of hydrogen-bond acceptors (Lipinski definition) is 4. The fourth-order valence-corrected chi connectivity index (χ4v) is 2.91. The highest BCUT2D eigenvalue weighted by molar-refractivity contribution is 7.11. The van der Waals surface area contributed by atoms with Crippen LogP contribution in [0.15, 0.2) is 0 Å². The Bertz CT molecular complexity index is 343. The molecular formula is C14H27N3S. The third-order valence-corrected chi connectivity index (χ3v) is 4.17. The maximum atomic E-state index is 4.68. The van der Waals surface area contributed by atoms with Crippen molar-refractivity contribution in [2.75, 3.05) is 19.6 Å². The molecule has 4 heteroatoms. The van der Waals surface area contributed by atoms with E-state index in [4.69, 9.17) is 0 Å². The topological polar surface area (TPSA) is 28.2 Å². The average molecular weight is 269 g/mol. The van der Waals surface area contributed by atoms with Crippen LogP contribution in [0.4, 0.5) is 0 Å². The number of aryl methyl sites for hydroxylation is 1. The smallest absolute Gasteiger partial charge is 0.107 e. The maximum Gasteiger partial charge on any atom is 0.107 e. The van der Waals surface area contributed by atoms with Crippen molar-refractivity contribution in [2.45, 2.75) is 47.7 Å². The van der Waals surface area contributed by atoms with Crippen molar-refractivity contribution in [3.63, 3.8) is 0 Å². The molecule has 1 heterocycles. The second-order valence-corrected chi connectivity index (χ2v) is 6.27. The molecule has 0 spiro atoms. The summed E-state index contributed by atoms with van der Waals surface area (Å²) in [5, 5.41) is 4.74. The third kappa shape index (κ3) is 5.04. The van der Waals surface area contributed by atoms with Gasteiger partial charge in [-0.15, -0.1) is 11.3 Å². The zero-order valence-electron chi connectivity index (χ0n) is 12.4. The fourth-order valence-electron chi connectivity index (χ4n) is 1.83. The van der Waals surface area contributed by atoms with Gasteiger partial charge in [0.15, 0.2) is 0 Å². The first-order valence-electron chi connectivity index (χ1n) is 6.95. The Labute approximate surface area is 116 Å². The highest BCUT2D eigenvalue weighted by atomic mass is 32.1. The van der Waals surface area contributed by atoms with E-state index in [0.29, 0.717) is 5.92 Å². The molecule has 1 aromatic heterocycles. The van der Waals surface area contributed by atoms with E-state index in [1.165, 1.54) is 15.6 Å². The van der Waals surface area contributed by atoms with Crippen molar-refractivity contribution < 1.29 is 0 Å². The van der Waals surface area contributed by atoms with Crippen LogP contribution in [0.5, 0.6) is 0 Å². The van der Waals surface area contributed by atoms with Gasteiger partial charge in [-0.3, -0.25) is 4.90 Å². The predicted molar refractivity (Wildman–Crippen MR) is 80.0 cm³/mol. The maximum absolute atomic E-state index is 4.68. The fraction of sp³-hybridized carbons (Fsp3) is 0.786. The zero-order chi connectivity index (χ0) is 13.5. The van der Waals surface area contributed by atoms with E-state index >= 15 is 0 Å². The Morgan fingerprint density at radius 2 is 1.94 bits per heavy atom. The van der Waals surface area contributed by atoms with Crippen LogP contribution in [0.1, 0.15) is 43.3 Å². The quantitative estimate of drug-likeness (QED) is 0.786. The molecule has 1 aromatic rings. The molecule has 0 fully saturated rings. The van der Waals surface area contributed by atoms with E-state index in [-0.39, 0.29) is 0 Å². The number of thiazole rings is 1. The predicted octanol–water partition coefficient (Wildman–Crippen LogP) is 3.04. The van der Waals surface area contributed by atoms with E-state index in [1.807, 2.05) is 11.3 Å². The largest absolute Gasteiger partial charge is 0.312 e. The van der Waals surface area contributed by atoms with Gasteiger partial charge in [0.2, 0.25) is 0 Å². The molecule has 0 aromatic carbocycles. The molecule has 0 bridgehead atoms. The lowest BCUT2D eigenvalue weighted by molar-refractivity contribution is 0.295. The molecule has 1 rings (SSSR count). The molecule has 0 unspecified atom stereocenters. The summed E-state index contributed by atoms with van der Waals surface area (Å²) in [6.45, 7) is 16.2. The molecule has 18 heavy (non-hydrogen) atoms. The van der Waals surface area contributed by atoms with Gasteiger partial charge in [0.25, 0.3) is 0 Å². The number of nitrogens with one attached hydrogen (secondary N) is 1. The van der Waals surface area contributed by atoms with Crippen LogP contribution in [-0.4, -0.2) is 29.5 Å². The van der Waals surface area contributed by atoms with Crippen LogP contribution in [0, 0.1) is 12.8 Å². The molecule has 0 aliphatic heterocycles. The summed E-state index contributed by atoms with van der Waals surface area (Å²) in [7, 11) is 0. The van der Waals surface area contributed by atoms with Gasteiger partial charge in [0, 0.05) is 11.4 Å². The second-order valence-electron chi connectivity index (χ2n) is 5.10. The lowest BCUT2D eigenvalue weighted by atomic mass is 10.2. The van der Waals surface area contributed by atoms with Gasteiger partial charge >= 0.3 is 0 Å². The summed E-state index contributed by atoms with van der Waals surface area (Å²) in [4.78, 5) is 8.47. The molecule has 1 N–H and O–H groups in total. The van der Waals surface area contributed by atoms with E-state index in [0.717, 1.165) is 32.7 Å². The molecular weight excluding hydrogens is 242 g/mol. The number of hydrogen-bond donors (Lipinski definition) is 1. The molecule has 0 saturated heterocycles. The molecule has 0 atom stereocenters. The molecule has 0 amide bonds. The monoisotopic (exact) mass is 269 g/mol. The lowest BCUT2D eigenvalue weighted by Gasteiger charge is -2.15. The van der Waals surface area contributed by atoms with E-state index < -0.39 is 0 Å². The van der Waals surface area contributed by atoms with E-state index in [9.17, 15) is 0 Å². The third-order valence-electron chi connectivity index (χ3n) is 3.03. The number of nitrogens with zero attached hydrogens (tertiary/aromatic N) is 2. The standard InChI is InChI=1S/C14H27N3S/c1-6-17(7-2)10-14-16-12(5)13(18-14)9-15-8-11(3)4/h11,15H,6-10H2,1-5H3. The SMILES string of the molecule is CCN(CC)Cc1nc(C)c(CNCC(C)C)s1.